The van der Waals surface area contributed by atoms with Crippen LogP contribution >= 0.6 is 23.2 Å². The SMILES string of the molecule is CC1=CC(Cl)=CN2C=C(CCl)N(C)C12. The van der Waals surface area contributed by atoms with Crippen LogP contribution in [0.5, 0.6) is 0 Å². The van der Waals surface area contributed by atoms with Gasteiger partial charge in [0.15, 0.2) is 0 Å². The third-order valence-corrected chi connectivity index (χ3v) is 3.06. The predicted molar refractivity (Wildman–Crippen MR) is 59.9 cm³/mol. The van der Waals surface area contributed by atoms with Crippen LogP contribution in [0.15, 0.2) is 34.8 Å². The van der Waals surface area contributed by atoms with Gasteiger partial charge >= 0.3 is 0 Å². The Hall–Kier alpha value is -0.600. The summed E-state index contributed by atoms with van der Waals surface area (Å²) < 4.78 is 0. The van der Waals surface area contributed by atoms with E-state index in [1.807, 2.05) is 25.5 Å². The van der Waals surface area contributed by atoms with E-state index < -0.39 is 0 Å². The summed E-state index contributed by atoms with van der Waals surface area (Å²) in [5.41, 5.74) is 2.35. The number of fused-ring (bicyclic) bond motifs is 1. The molecular formula is C10H12Cl2N2. The Balaban J connectivity index is 2.34. The average molecular weight is 231 g/mol. The van der Waals surface area contributed by atoms with Gasteiger partial charge in [-0.1, -0.05) is 11.6 Å². The molecule has 2 heterocycles. The Kier molecular flexibility index (Phi) is 2.50. The molecule has 2 aliphatic rings. The molecule has 0 saturated heterocycles. The Morgan fingerprint density at radius 3 is 2.79 bits per heavy atom. The topological polar surface area (TPSA) is 6.48 Å². The minimum absolute atomic E-state index is 0.256. The van der Waals surface area contributed by atoms with Crippen LogP contribution in [0.3, 0.4) is 0 Å². The Morgan fingerprint density at radius 2 is 2.14 bits per heavy atom. The fourth-order valence-electron chi connectivity index (χ4n) is 1.94. The van der Waals surface area contributed by atoms with Gasteiger partial charge in [0.2, 0.25) is 0 Å². The summed E-state index contributed by atoms with van der Waals surface area (Å²) in [5, 5.41) is 0.763. The highest BCUT2D eigenvalue weighted by Crippen LogP contribution is 2.32. The van der Waals surface area contributed by atoms with Crippen molar-refractivity contribution < 1.29 is 0 Å². The molecule has 76 valence electrons. The molecule has 2 aliphatic heterocycles. The van der Waals surface area contributed by atoms with Crippen LogP contribution in [-0.4, -0.2) is 28.9 Å². The zero-order valence-electron chi connectivity index (χ0n) is 8.17. The first kappa shape index (κ1) is 9.94. The quantitative estimate of drug-likeness (QED) is 0.640. The molecule has 0 bridgehead atoms. The van der Waals surface area contributed by atoms with E-state index in [4.69, 9.17) is 23.2 Å². The summed E-state index contributed by atoms with van der Waals surface area (Å²) in [7, 11) is 2.04. The van der Waals surface area contributed by atoms with Gasteiger partial charge in [-0.2, -0.15) is 0 Å². The molecule has 0 radical (unpaired) electrons. The zero-order valence-corrected chi connectivity index (χ0v) is 9.68. The lowest BCUT2D eigenvalue weighted by atomic mass is 10.1. The highest BCUT2D eigenvalue weighted by atomic mass is 35.5. The molecular weight excluding hydrogens is 219 g/mol. The summed E-state index contributed by atoms with van der Waals surface area (Å²) in [4.78, 5) is 4.26. The molecule has 0 aliphatic carbocycles. The normalized spacial score (nSPS) is 25.7. The maximum atomic E-state index is 5.98. The number of allylic oxidation sites excluding steroid dienone is 3. The molecule has 0 fully saturated rings. The van der Waals surface area contributed by atoms with Crippen LogP contribution in [0.4, 0.5) is 0 Å². The van der Waals surface area contributed by atoms with Crippen LogP contribution in [-0.2, 0) is 0 Å². The number of nitrogens with zero attached hydrogens (tertiary/aromatic N) is 2. The largest absolute Gasteiger partial charge is 0.352 e. The molecule has 2 rings (SSSR count). The molecule has 2 nitrogen and oxygen atoms in total. The van der Waals surface area contributed by atoms with E-state index in [1.165, 1.54) is 5.57 Å². The van der Waals surface area contributed by atoms with Crippen LogP contribution in [0.25, 0.3) is 0 Å². The van der Waals surface area contributed by atoms with E-state index in [2.05, 4.69) is 16.7 Å². The van der Waals surface area contributed by atoms with Crippen molar-refractivity contribution in [2.75, 3.05) is 12.9 Å². The first-order chi connectivity index (χ1) is 6.63. The van der Waals surface area contributed by atoms with Gasteiger partial charge in [0.1, 0.15) is 6.17 Å². The number of rotatable bonds is 1. The van der Waals surface area contributed by atoms with Gasteiger partial charge in [-0.15, -0.1) is 11.6 Å². The van der Waals surface area contributed by atoms with E-state index in [9.17, 15) is 0 Å². The smallest absolute Gasteiger partial charge is 0.127 e. The highest BCUT2D eigenvalue weighted by molar-refractivity contribution is 6.31. The minimum atomic E-state index is 0.256. The van der Waals surface area contributed by atoms with Crippen molar-refractivity contribution in [1.29, 1.82) is 0 Å². The maximum absolute atomic E-state index is 5.98. The predicted octanol–water partition coefficient (Wildman–Crippen LogP) is 2.68. The summed E-state index contributed by atoms with van der Waals surface area (Å²) in [5.74, 6) is 0.530. The molecule has 0 amide bonds. The van der Waals surface area contributed by atoms with E-state index in [0.717, 1.165) is 10.7 Å². The maximum Gasteiger partial charge on any atom is 0.127 e. The van der Waals surface area contributed by atoms with Crippen molar-refractivity contribution in [3.63, 3.8) is 0 Å². The third-order valence-electron chi connectivity index (χ3n) is 2.58. The molecule has 0 aromatic rings. The Labute approximate surface area is 94.1 Å². The van der Waals surface area contributed by atoms with E-state index in [-0.39, 0.29) is 6.17 Å². The third kappa shape index (κ3) is 1.43. The molecule has 0 saturated carbocycles. The Morgan fingerprint density at radius 1 is 1.43 bits per heavy atom. The second-order valence-electron chi connectivity index (χ2n) is 3.59. The van der Waals surface area contributed by atoms with Gasteiger partial charge in [0, 0.05) is 25.1 Å². The fraction of sp³-hybridized carbons (Fsp3) is 0.400. The fourth-order valence-corrected chi connectivity index (χ4v) is 2.48. The minimum Gasteiger partial charge on any atom is -0.352 e. The summed E-state index contributed by atoms with van der Waals surface area (Å²) in [6, 6.07) is 0. The zero-order chi connectivity index (χ0) is 10.3. The molecule has 0 spiro atoms. The van der Waals surface area contributed by atoms with Gasteiger partial charge < -0.3 is 9.80 Å². The van der Waals surface area contributed by atoms with Crippen LogP contribution in [0.1, 0.15) is 6.92 Å². The van der Waals surface area contributed by atoms with Gasteiger partial charge in [0.05, 0.1) is 10.9 Å². The molecule has 0 aromatic carbocycles. The lowest BCUT2D eigenvalue weighted by molar-refractivity contribution is 0.250. The second-order valence-corrected chi connectivity index (χ2v) is 4.29. The first-order valence-corrected chi connectivity index (χ1v) is 5.37. The molecule has 1 unspecified atom stereocenters. The lowest BCUT2D eigenvalue weighted by Crippen LogP contribution is -2.37. The van der Waals surface area contributed by atoms with Crippen molar-refractivity contribution in [1.82, 2.24) is 9.80 Å². The summed E-state index contributed by atoms with van der Waals surface area (Å²) >= 11 is 11.8. The second kappa shape index (κ2) is 3.52. The van der Waals surface area contributed by atoms with Gasteiger partial charge in [-0.3, -0.25) is 0 Å². The highest BCUT2D eigenvalue weighted by Gasteiger charge is 2.31. The summed E-state index contributed by atoms with van der Waals surface area (Å²) in [6.45, 7) is 2.08. The van der Waals surface area contributed by atoms with Crippen LogP contribution in [0.2, 0.25) is 0 Å². The number of hydrogen-bond donors (Lipinski definition) is 0. The van der Waals surface area contributed by atoms with Gasteiger partial charge in [-0.05, 0) is 18.6 Å². The van der Waals surface area contributed by atoms with Gasteiger partial charge in [0.25, 0.3) is 0 Å². The molecule has 14 heavy (non-hydrogen) atoms. The average Bonchev–Trinajstić information content (AvgIpc) is 2.42. The number of likely N-dealkylation sites (N-methyl/N-ethyl adjacent to an activating group) is 1. The number of hydrogen-bond acceptors (Lipinski definition) is 2. The number of alkyl halides is 1. The van der Waals surface area contributed by atoms with Crippen molar-refractivity contribution >= 4 is 23.2 Å². The van der Waals surface area contributed by atoms with Crippen LogP contribution in [0, 0.1) is 0 Å². The summed E-state index contributed by atoms with van der Waals surface area (Å²) in [6.07, 6.45) is 6.21. The monoisotopic (exact) mass is 230 g/mol. The molecule has 0 aromatic heterocycles. The van der Waals surface area contributed by atoms with E-state index in [1.54, 1.807) is 0 Å². The van der Waals surface area contributed by atoms with Crippen molar-refractivity contribution in [3.8, 4) is 0 Å². The van der Waals surface area contributed by atoms with Crippen molar-refractivity contribution in [2.45, 2.75) is 13.1 Å². The Bertz CT molecular complexity index is 344. The molecule has 4 heteroatoms. The van der Waals surface area contributed by atoms with Crippen molar-refractivity contribution in [2.24, 2.45) is 0 Å². The standard InChI is InChI=1S/C10H12Cl2N2/c1-7-3-8(12)5-14-6-9(4-11)13(2)10(7)14/h3,5-6,10H,4H2,1-2H3. The first-order valence-electron chi connectivity index (χ1n) is 4.46. The van der Waals surface area contributed by atoms with Gasteiger partial charge in [-0.25, -0.2) is 0 Å². The number of halogens is 2. The van der Waals surface area contributed by atoms with E-state index >= 15 is 0 Å². The lowest BCUT2D eigenvalue weighted by Gasteiger charge is -2.32. The van der Waals surface area contributed by atoms with E-state index in [0.29, 0.717) is 5.88 Å². The van der Waals surface area contributed by atoms with Crippen molar-refractivity contribution in [3.05, 3.63) is 34.8 Å². The molecule has 0 N–H and O–H groups in total. The molecule has 1 atom stereocenters. The van der Waals surface area contributed by atoms with Crippen LogP contribution < -0.4 is 0 Å².